The summed E-state index contributed by atoms with van der Waals surface area (Å²) in [6.07, 6.45) is 4.39. The minimum Gasteiger partial charge on any atom is -0.395 e. The molecule has 0 spiro atoms. The SMILES string of the molecule is O=C(Cc1c[nH]c2cccc(Br)c12)N(CCO)C1CC1. The number of rotatable bonds is 5. The number of carbonyl (C=O) groups excluding carboxylic acids is 1. The molecule has 1 aliphatic rings. The number of aromatic nitrogens is 1. The van der Waals surface area contributed by atoms with Crippen LogP contribution in [0.5, 0.6) is 0 Å². The van der Waals surface area contributed by atoms with Crippen molar-refractivity contribution in [1.82, 2.24) is 9.88 Å². The number of carbonyl (C=O) groups is 1. The molecule has 106 valence electrons. The number of halogens is 1. The van der Waals surface area contributed by atoms with Gasteiger partial charge in [0.25, 0.3) is 0 Å². The lowest BCUT2D eigenvalue weighted by atomic mass is 10.1. The average molecular weight is 337 g/mol. The van der Waals surface area contributed by atoms with Crippen molar-refractivity contribution in [3.8, 4) is 0 Å². The highest BCUT2D eigenvalue weighted by molar-refractivity contribution is 9.10. The molecule has 1 aromatic carbocycles. The third kappa shape index (κ3) is 2.60. The summed E-state index contributed by atoms with van der Waals surface area (Å²) in [4.78, 5) is 17.4. The van der Waals surface area contributed by atoms with Crippen LogP contribution in [0, 0.1) is 0 Å². The number of H-pyrrole nitrogens is 1. The van der Waals surface area contributed by atoms with Crippen molar-refractivity contribution in [2.24, 2.45) is 0 Å². The van der Waals surface area contributed by atoms with Crippen molar-refractivity contribution in [2.45, 2.75) is 25.3 Å². The summed E-state index contributed by atoms with van der Waals surface area (Å²) >= 11 is 3.54. The molecule has 1 saturated carbocycles. The van der Waals surface area contributed by atoms with Gasteiger partial charge in [0.05, 0.1) is 13.0 Å². The lowest BCUT2D eigenvalue weighted by Gasteiger charge is -2.21. The largest absolute Gasteiger partial charge is 0.395 e. The Hall–Kier alpha value is -1.33. The second kappa shape index (κ2) is 5.58. The topological polar surface area (TPSA) is 56.3 Å². The number of hydrogen-bond acceptors (Lipinski definition) is 2. The molecule has 0 saturated heterocycles. The number of amides is 1. The zero-order valence-corrected chi connectivity index (χ0v) is 12.7. The smallest absolute Gasteiger partial charge is 0.227 e. The van der Waals surface area contributed by atoms with E-state index in [4.69, 9.17) is 5.11 Å². The standard InChI is InChI=1S/C15H17BrN2O2/c16-12-2-1-3-13-15(12)10(9-17-13)8-14(20)18(6-7-19)11-4-5-11/h1-3,9,11,17,19H,4-8H2. The van der Waals surface area contributed by atoms with Crippen molar-refractivity contribution in [1.29, 1.82) is 0 Å². The van der Waals surface area contributed by atoms with Crippen LogP contribution >= 0.6 is 15.9 Å². The molecule has 0 atom stereocenters. The first-order chi connectivity index (χ1) is 9.70. The molecule has 1 fully saturated rings. The zero-order chi connectivity index (χ0) is 14.1. The second-order valence-electron chi connectivity index (χ2n) is 5.19. The van der Waals surface area contributed by atoms with Crippen molar-refractivity contribution >= 4 is 32.7 Å². The third-order valence-corrected chi connectivity index (χ3v) is 4.39. The molecular formula is C15H17BrN2O2. The van der Waals surface area contributed by atoms with E-state index in [1.807, 2.05) is 29.3 Å². The molecule has 0 bridgehead atoms. The number of nitrogens with zero attached hydrogens (tertiary/aromatic N) is 1. The molecule has 1 heterocycles. The Bertz CT molecular complexity index is 634. The van der Waals surface area contributed by atoms with Gasteiger partial charge in [-0.15, -0.1) is 0 Å². The van der Waals surface area contributed by atoms with E-state index < -0.39 is 0 Å². The number of aliphatic hydroxyl groups excluding tert-OH is 1. The fourth-order valence-electron chi connectivity index (χ4n) is 2.62. The molecule has 5 heteroatoms. The summed E-state index contributed by atoms with van der Waals surface area (Å²) in [6.45, 7) is 0.465. The predicted molar refractivity (Wildman–Crippen MR) is 81.5 cm³/mol. The second-order valence-corrected chi connectivity index (χ2v) is 6.05. The third-order valence-electron chi connectivity index (χ3n) is 3.73. The molecule has 2 N–H and O–H groups in total. The van der Waals surface area contributed by atoms with Crippen molar-refractivity contribution in [3.05, 3.63) is 34.4 Å². The maximum Gasteiger partial charge on any atom is 0.227 e. The van der Waals surface area contributed by atoms with Crippen LogP contribution in [-0.2, 0) is 11.2 Å². The normalized spacial score (nSPS) is 14.7. The van der Waals surface area contributed by atoms with E-state index in [1.165, 1.54) is 0 Å². The van der Waals surface area contributed by atoms with Crippen molar-refractivity contribution in [3.63, 3.8) is 0 Å². The van der Waals surface area contributed by atoms with Gasteiger partial charge in [-0.05, 0) is 30.5 Å². The Morgan fingerprint density at radius 1 is 1.45 bits per heavy atom. The summed E-state index contributed by atoms with van der Waals surface area (Å²) < 4.78 is 0.999. The van der Waals surface area contributed by atoms with E-state index in [9.17, 15) is 4.79 Å². The average Bonchev–Trinajstić information content (AvgIpc) is 3.18. The van der Waals surface area contributed by atoms with Crippen LogP contribution in [0.3, 0.4) is 0 Å². The number of hydrogen-bond donors (Lipinski definition) is 2. The Morgan fingerprint density at radius 3 is 2.95 bits per heavy atom. The molecule has 0 unspecified atom stereocenters. The van der Waals surface area contributed by atoms with Gasteiger partial charge in [0.1, 0.15) is 0 Å². The first kappa shape index (κ1) is 13.6. The van der Waals surface area contributed by atoms with Crippen LogP contribution in [0.15, 0.2) is 28.9 Å². The summed E-state index contributed by atoms with van der Waals surface area (Å²) in [7, 11) is 0. The van der Waals surface area contributed by atoms with E-state index >= 15 is 0 Å². The molecule has 0 radical (unpaired) electrons. The van der Waals surface area contributed by atoms with Gasteiger partial charge in [0.2, 0.25) is 5.91 Å². The van der Waals surface area contributed by atoms with Crippen LogP contribution in [0.1, 0.15) is 18.4 Å². The highest BCUT2D eigenvalue weighted by atomic mass is 79.9. The minimum absolute atomic E-state index is 0.0276. The van der Waals surface area contributed by atoms with E-state index in [-0.39, 0.29) is 12.5 Å². The van der Waals surface area contributed by atoms with Crippen molar-refractivity contribution < 1.29 is 9.90 Å². The van der Waals surface area contributed by atoms with Gasteiger partial charge in [-0.25, -0.2) is 0 Å². The summed E-state index contributed by atoms with van der Waals surface area (Å²) in [5.74, 6) is 0.0956. The zero-order valence-electron chi connectivity index (χ0n) is 11.1. The lowest BCUT2D eigenvalue weighted by Crippen LogP contribution is -2.36. The molecule has 2 aromatic rings. The molecule has 3 rings (SSSR count). The summed E-state index contributed by atoms with van der Waals surface area (Å²) in [5, 5.41) is 10.2. The highest BCUT2D eigenvalue weighted by Gasteiger charge is 2.32. The van der Waals surface area contributed by atoms with Crippen LogP contribution in [0.4, 0.5) is 0 Å². The van der Waals surface area contributed by atoms with Gasteiger partial charge >= 0.3 is 0 Å². The number of nitrogens with one attached hydrogen (secondary N) is 1. The quantitative estimate of drug-likeness (QED) is 0.881. The fourth-order valence-corrected chi connectivity index (χ4v) is 3.24. The molecule has 1 aromatic heterocycles. The molecule has 0 aliphatic heterocycles. The van der Waals surface area contributed by atoms with Gasteiger partial charge in [0.15, 0.2) is 0 Å². The monoisotopic (exact) mass is 336 g/mol. The van der Waals surface area contributed by atoms with Crippen LogP contribution in [0.25, 0.3) is 10.9 Å². The molecule has 1 amide bonds. The van der Waals surface area contributed by atoms with E-state index in [2.05, 4.69) is 20.9 Å². The van der Waals surface area contributed by atoms with E-state index in [0.717, 1.165) is 33.8 Å². The van der Waals surface area contributed by atoms with Gasteiger partial charge in [-0.3, -0.25) is 4.79 Å². The molecule has 1 aliphatic carbocycles. The number of benzene rings is 1. The number of aromatic amines is 1. The van der Waals surface area contributed by atoms with Gasteiger partial charge in [0, 0.05) is 34.2 Å². The maximum absolute atomic E-state index is 12.4. The molecular weight excluding hydrogens is 320 g/mol. The van der Waals surface area contributed by atoms with Crippen molar-refractivity contribution in [2.75, 3.05) is 13.2 Å². The summed E-state index contributed by atoms with van der Waals surface area (Å²) in [5.41, 5.74) is 2.03. The lowest BCUT2D eigenvalue weighted by molar-refractivity contribution is -0.131. The Labute approximate surface area is 125 Å². The van der Waals surface area contributed by atoms with Crippen LogP contribution in [0.2, 0.25) is 0 Å². The van der Waals surface area contributed by atoms with Gasteiger partial charge < -0.3 is 15.0 Å². The molecule has 20 heavy (non-hydrogen) atoms. The van der Waals surface area contributed by atoms with E-state index in [0.29, 0.717) is 19.0 Å². The van der Waals surface area contributed by atoms with Gasteiger partial charge in [-0.1, -0.05) is 22.0 Å². The Morgan fingerprint density at radius 2 is 2.25 bits per heavy atom. The summed E-state index contributed by atoms with van der Waals surface area (Å²) in [6, 6.07) is 6.29. The highest BCUT2D eigenvalue weighted by Crippen LogP contribution is 2.30. The Kier molecular flexibility index (Phi) is 3.81. The maximum atomic E-state index is 12.4. The van der Waals surface area contributed by atoms with Crippen LogP contribution in [-0.4, -0.2) is 40.1 Å². The van der Waals surface area contributed by atoms with Crippen LogP contribution < -0.4 is 0 Å². The first-order valence-corrected chi connectivity index (χ1v) is 7.65. The Balaban J connectivity index is 1.83. The number of aliphatic hydroxyl groups is 1. The first-order valence-electron chi connectivity index (χ1n) is 6.85. The predicted octanol–water partition coefficient (Wildman–Crippen LogP) is 2.46. The fraction of sp³-hybridized carbons (Fsp3) is 0.400. The molecule has 4 nitrogen and oxygen atoms in total. The number of fused-ring (bicyclic) bond motifs is 1. The van der Waals surface area contributed by atoms with E-state index in [1.54, 1.807) is 0 Å². The minimum atomic E-state index is 0.0276. The van der Waals surface area contributed by atoms with Gasteiger partial charge in [-0.2, -0.15) is 0 Å².